The van der Waals surface area contributed by atoms with Gasteiger partial charge in [0.15, 0.2) is 5.65 Å². The second-order valence-corrected chi connectivity index (χ2v) is 11.2. The molecule has 2 aliphatic rings. The molecule has 2 aromatic heterocycles. The molecule has 1 aliphatic carbocycles. The molecule has 4 aromatic rings. The van der Waals surface area contributed by atoms with Crippen LogP contribution in [0.15, 0.2) is 42.6 Å². The van der Waals surface area contributed by atoms with Crippen LogP contribution >= 0.6 is 34.8 Å². The fourth-order valence-electron chi connectivity index (χ4n) is 5.24. The summed E-state index contributed by atoms with van der Waals surface area (Å²) in [7, 11) is 2.17. The predicted molar refractivity (Wildman–Crippen MR) is 157 cm³/mol. The zero-order valence-corrected chi connectivity index (χ0v) is 23.4. The van der Waals surface area contributed by atoms with Gasteiger partial charge in [-0.15, -0.1) is 0 Å². The molecule has 3 heterocycles. The summed E-state index contributed by atoms with van der Waals surface area (Å²) in [5, 5.41) is 8.04. The summed E-state index contributed by atoms with van der Waals surface area (Å²) in [6, 6.07) is 12.1. The summed E-state index contributed by atoms with van der Waals surface area (Å²) in [6.45, 7) is 4.24. The lowest BCUT2D eigenvalue weighted by Crippen LogP contribution is -2.44. The molecule has 8 nitrogen and oxygen atoms in total. The highest BCUT2D eigenvalue weighted by Gasteiger charge is 2.25. The average Bonchev–Trinajstić information content (AvgIpc) is 3.56. The maximum absolute atomic E-state index is 6.46. The molecule has 0 atom stereocenters. The normalized spacial score (nSPS) is 16.9. The standard InChI is InChI=1S/C27H29Cl3N8/c1-36-10-12-37(13-11-36)18-8-6-17(7-9-18)32-26-31-16-24-25(35-26)38(19-4-2-3-5-19)27(34-24)33-23-15-21(29)20(28)14-22(23)30/h6-9,14-16,19H,2-5,10-13H2,1H3,(H,33,34)(H,31,32,35). The first kappa shape index (κ1) is 25.5. The van der Waals surface area contributed by atoms with Gasteiger partial charge in [-0.1, -0.05) is 47.6 Å². The van der Waals surface area contributed by atoms with Crippen LogP contribution in [0.5, 0.6) is 0 Å². The first-order valence-corrected chi connectivity index (χ1v) is 14.0. The van der Waals surface area contributed by atoms with Crippen molar-refractivity contribution in [1.29, 1.82) is 0 Å². The third-order valence-corrected chi connectivity index (χ3v) is 8.41. The highest BCUT2D eigenvalue weighted by atomic mass is 35.5. The number of nitrogens with one attached hydrogen (secondary N) is 2. The quantitative estimate of drug-likeness (QED) is 0.238. The molecule has 1 aliphatic heterocycles. The predicted octanol–water partition coefficient (Wildman–Crippen LogP) is 7.14. The number of rotatable bonds is 6. The molecule has 1 saturated heterocycles. The van der Waals surface area contributed by atoms with E-state index in [2.05, 4.69) is 61.3 Å². The molecule has 11 heteroatoms. The van der Waals surface area contributed by atoms with Crippen LogP contribution in [0.25, 0.3) is 11.2 Å². The van der Waals surface area contributed by atoms with Crippen LogP contribution in [0.2, 0.25) is 15.1 Å². The van der Waals surface area contributed by atoms with Crippen molar-refractivity contribution < 1.29 is 0 Å². The molecule has 2 aromatic carbocycles. The van der Waals surface area contributed by atoms with Gasteiger partial charge in [0, 0.05) is 43.6 Å². The van der Waals surface area contributed by atoms with Crippen LogP contribution in [0.4, 0.5) is 29.0 Å². The second kappa shape index (κ2) is 10.8. The van der Waals surface area contributed by atoms with Crippen molar-refractivity contribution in [3.8, 4) is 0 Å². The minimum atomic E-state index is 0.287. The Kier molecular flexibility index (Phi) is 7.22. The SMILES string of the molecule is CN1CCN(c2ccc(Nc3ncc4nc(Nc5cc(Cl)c(Cl)cc5Cl)n(C5CCCC5)c4n3)cc2)CC1. The smallest absolute Gasteiger partial charge is 0.229 e. The number of halogens is 3. The number of piperazine rings is 1. The Morgan fingerprint density at radius 1 is 0.842 bits per heavy atom. The molecule has 2 fully saturated rings. The molecule has 0 radical (unpaired) electrons. The maximum Gasteiger partial charge on any atom is 0.229 e. The van der Waals surface area contributed by atoms with Gasteiger partial charge in [-0.05, 0) is 56.3 Å². The largest absolute Gasteiger partial charge is 0.369 e. The number of hydrogen-bond acceptors (Lipinski definition) is 7. The number of aromatic nitrogens is 4. The third-order valence-electron chi connectivity index (χ3n) is 7.37. The molecule has 198 valence electrons. The van der Waals surface area contributed by atoms with Gasteiger partial charge in [0.25, 0.3) is 0 Å². The molecular weight excluding hydrogens is 543 g/mol. The van der Waals surface area contributed by atoms with Gasteiger partial charge in [0.05, 0.1) is 27.0 Å². The summed E-state index contributed by atoms with van der Waals surface area (Å²) in [6.07, 6.45) is 6.24. The van der Waals surface area contributed by atoms with E-state index in [-0.39, 0.29) is 6.04 Å². The Bertz CT molecular complexity index is 1440. The van der Waals surface area contributed by atoms with E-state index in [1.54, 1.807) is 18.3 Å². The van der Waals surface area contributed by atoms with E-state index in [1.165, 1.54) is 18.5 Å². The number of imidazole rings is 1. The lowest BCUT2D eigenvalue weighted by Gasteiger charge is -2.34. The van der Waals surface area contributed by atoms with Gasteiger partial charge in [-0.2, -0.15) is 4.98 Å². The fourth-order valence-corrected chi connectivity index (χ4v) is 5.83. The molecule has 1 saturated carbocycles. The number of benzene rings is 2. The van der Waals surface area contributed by atoms with E-state index in [0.29, 0.717) is 38.2 Å². The molecule has 38 heavy (non-hydrogen) atoms. The van der Waals surface area contributed by atoms with E-state index >= 15 is 0 Å². The van der Waals surface area contributed by atoms with Crippen molar-refractivity contribution in [3.05, 3.63) is 57.7 Å². The van der Waals surface area contributed by atoms with Crippen LogP contribution in [-0.2, 0) is 0 Å². The first-order valence-electron chi connectivity index (χ1n) is 12.9. The Morgan fingerprint density at radius 2 is 1.55 bits per heavy atom. The van der Waals surface area contributed by atoms with E-state index in [0.717, 1.165) is 50.4 Å². The monoisotopic (exact) mass is 570 g/mol. The van der Waals surface area contributed by atoms with Crippen LogP contribution in [0, 0.1) is 0 Å². The summed E-state index contributed by atoms with van der Waals surface area (Å²) in [4.78, 5) is 19.0. The minimum Gasteiger partial charge on any atom is -0.369 e. The van der Waals surface area contributed by atoms with Crippen LogP contribution < -0.4 is 15.5 Å². The second-order valence-electron chi connectivity index (χ2n) is 9.98. The molecule has 0 amide bonds. The van der Waals surface area contributed by atoms with Crippen molar-refractivity contribution in [2.45, 2.75) is 31.7 Å². The lowest BCUT2D eigenvalue weighted by atomic mass is 10.2. The zero-order chi connectivity index (χ0) is 26.2. The van der Waals surface area contributed by atoms with Crippen LogP contribution in [0.1, 0.15) is 31.7 Å². The number of likely N-dealkylation sites (N-methyl/N-ethyl adjacent to an activating group) is 1. The van der Waals surface area contributed by atoms with Crippen LogP contribution in [-0.4, -0.2) is 57.6 Å². The highest BCUT2D eigenvalue weighted by molar-refractivity contribution is 6.44. The number of fused-ring (bicyclic) bond motifs is 1. The summed E-state index contributed by atoms with van der Waals surface area (Å²) < 4.78 is 2.17. The highest BCUT2D eigenvalue weighted by Crippen LogP contribution is 2.38. The summed E-state index contributed by atoms with van der Waals surface area (Å²) >= 11 is 18.9. The fraction of sp³-hybridized carbons (Fsp3) is 0.370. The molecule has 6 rings (SSSR count). The van der Waals surface area contributed by atoms with Gasteiger partial charge in [0.2, 0.25) is 11.9 Å². The van der Waals surface area contributed by atoms with Crippen LogP contribution in [0.3, 0.4) is 0 Å². The van der Waals surface area contributed by atoms with Crippen molar-refractivity contribution in [3.63, 3.8) is 0 Å². The number of nitrogens with zero attached hydrogens (tertiary/aromatic N) is 6. The van der Waals surface area contributed by atoms with Gasteiger partial charge in [-0.3, -0.25) is 4.57 Å². The van der Waals surface area contributed by atoms with E-state index in [1.807, 2.05) is 0 Å². The van der Waals surface area contributed by atoms with Gasteiger partial charge < -0.3 is 20.4 Å². The van der Waals surface area contributed by atoms with Crippen molar-refractivity contribution in [2.75, 3.05) is 48.8 Å². The summed E-state index contributed by atoms with van der Waals surface area (Å²) in [5.74, 6) is 1.19. The average molecular weight is 572 g/mol. The number of hydrogen-bond donors (Lipinski definition) is 2. The molecule has 2 N–H and O–H groups in total. The molecular formula is C27H29Cl3N8. The Balaban J connectivity index is 1.28. The lowest BCUT2D eigenvalue weighted by molar-refractivity contribution is 0.313. The molecule has 0 spiro atoms. The van der Waals surface area contributed by atoms with Crippen molar-refractivity contribution in [1.82, 2.24) is 24.4 Å². The summed E-state index contributed by atoms with van der Waals surface area (Å²) in [5.41, 5.74) is 4.31. The van der Waals surface area contributed by atoms with Crippen molar-refractivity contribution >= 4 is 74.9 Å². The van der Waals surface area contributed by atoms with E-state index < -0.39 is 0 Å². The Labute approximate surface area is 236 Å². The van der Waals surface area contributed by atoms with Gasteiger partial charge >= 0.3 is 0 Å². The van der Waals surface area contributed by atoms with E-state index in [9.17, 15) is 0 Å². The number of anilines is 5. The third kappa shape index (κ3) is 5.23. The molecule has 0 bridgehead atoms. The molecule has 0 unspecified atom stereocenters. The zero-order valence-electron chi connectivity index (χ0n) is 21.1. The Hall–Kier alpha value is -2.78. The minimum absolute atomic E-state index is 0.287. The van der Waals surface area contributed by atoms with Gasteiger partial charge in [-0.25, -0.2) is 9.97 Å². The van der Waals surface area contributed by atoms with Crippen molar-refractivity contribution in [2.24, 2.45) is 0 Å². The van der Waals surface area contributed by atoms with E-state index in [4.69, 9.17) is 44.8 Å². The first-order chi connectivity index (χ1) is 18.4. The maximum atomic E-state index is 6.46. The topological polar surface area (TPSA) is 74.1 Å². The Morgan fingerprint density at radius 3 is 2.29 bits per heavy atom. The van der Waals surface area contributed by atoms with Gasteiger partial charge in [0.1, 0.15) is 5.52 Å².